The Balaban J connectivity index is 1.42. The highest BCUT2D eigenvalue weighted by atomic mass is 16.5. The molecular weight excluding hydrogens is 322 g/mol. The minimum absolute atomic E-state index is 0.00683. The molecule has 0 saturated carbocycles. The summed E-state index contributed by atoms with van der Waals surface area (Å²) in [5.41, 5.74) is 0. The fraction of sp³-hybridized carbons (Fsp3) is 0.765. The predicted octanol–water partition coefficient (Wildman–Crippen LogP) is 1.09. The second-order valence-corrected chi connectivity index (χ2v) is 6.91. The third-order valence-electron chi connectivity index (χ3n) is 5.31. The minimum atomic E-state index is -0.407. The highest BCUT2D eigenvalue weighted by Gasteiger charge is 2.32. The van der Waals surface area contributed by atoms with E-state index in [2.05, 4.69) is 25.7 Å². The van der Waals surface area contributed by atoms with E-state index in [1.807, 2.05) is 0 Å². The number of carbonyl (C=O) groups excluding carboxylic acids is 2. The van der Waals surface area contributed by atoms with E-state index in [4.69, 9.17) is 4.52 Å². The number of aromatic nitrogens is 2. The van der Waals surface area contributed by atoms with Crippen LogP contribution < -0.4 is 10.6 Å². The number of hydrogen-bond acceptors (Lipinski definition) is 6. The molecule has 3 rings (SSSR count). The van der Waals surface area contributed by atoms with Crippen LogP contribution >= 0.6 is 0 Å². The lowest BCUT2D eigenvalue weighted by Gasteiger charge is -2.44. The van der Waals surface area contributed by atoms with E-state index in [9.17, 15) is 9.59 Å². The van der Waals surface area contributed by atoms with Gasteiger partial charge in [0.25, 0.3) is 11.7 Å². The van der Waals surface area contributed by atoms with Crippen molar-refractivity contribution in [3.05, 3.63) is 11.7 Å². The number of carbonyl (C=O) groups is 2. The van der Waals surface area contributed by atoms with Crippen molar-refractivity contribution in [3.8, 4) is 0 Å². The van der Waals surface area contributed by atoms with Crippen molar-refractivity contribution < 1.29 is 14.1 Å². The third kappa shape index (κ3) is 4.56. The molecule has 2 N–H and O–H groups in total. The Labute approximate surface area is 147 Å². The Morgan fingerprint density at radius 2 is 2.08 bits per heavy atom. The number of fused-ring (bicyclic) bond motifs is 1. The van der Waals surface area contributed by atoms with Gasteiger partial charge in [-0.25, -0.2) is 0 Å². The summed E-state index contributed by atoms with van der Waals surface area (Å²) in [6, 6.07) is 0.668. The van der Waals surface area contributed by atoms with Crippen LogP contribution in [0.15, 0.2) is 4.52 Å². The van der Waals surface area contributed by atoms with Crippen LogP contribution in [0.25, 0.3) is 0 Å². The van der Waals surface area contributed by atoms with E-state index < -0.39 is 5.91 Å². The standard InChI is InChI=1S/C17H27N5O3/c1-18-17(24)16-20-15(25-21-16)11-19-14(23)8-7-12-5-4-10-22-9-3-2-6-13(12)22/h12-13H,2-11H2,1H3,(H,18,24)(H,19,23)/t12-,13+/m0/s1. The summed E-state index contributed by atoms with van der Waals surface area (Å²) in [5, 5.41) is 8.80. The van der Waals surface area contributed by atoms with Gasteiger partial charge in [-0.15, -0.1) is 0 Å². The predicted molar refractivity (Wildman–Crippen MR) is 90.7 cm³/mol. The molecule has 0 aromatic carbocycles. The van der Waals surface area contributed by atoms with Gasteiger partial charge < -0.3 is 20.1 Å². The molecule has 8 nitrogen and oxygen atoms in total. The highest BCUT2D eigenvalue weighted by Crippen LogP contribution is 2.33. The van der Waals surface area contributed by atoms with Gasteiger partial charge in [0.15, 0.2) is 0 Å². The van der Waals surface area contributed by atoms with Crippen molar-refractivity contribution in [2.24, 2.45) is 5.92 Å². The van der Waals surface area contributed by atoms with E-state index in [-0.39, 0.29) is 24.2 Å². The number of nitrogens with one attached hydrogen (secondary N) is 2. The van der Waals surface area contributed by atoms with Crippen LogP contribution in [-0.4, -0.2) is 53.0 Å². The molecule has 2 saturated heterocycles. The van der Waals surface area contributed by atoms with E-state index in [0.29, 0.717) is 18.4 Å². The largest absolute Gasteiger partial charge is 0.352 e. The van der Waals surface area contributed by atoms with Crippen molar-refractivity contribution in [1.82, 2.24) is 25.7 Å². The normalized spacial score (nSPS) is 23.7. The summed E-state index contributed by atoms with van der Waals surface area (Å²) < 4.78 is 4.96. The van der Waals surface area contributed by atoms with Crippen LogP contribution in [0.5, 0.6) is 0 Å². The first-order valence-corrected chi connectivity index (χ1v) is 9.23. The second kappa shape index (κ2) is 8.42. The molecule has 0 unspecified atom stereocenters. The molecule has 2 amide bonds. The lowest BCUT2D eigenvalue weighted by atomic mass is 9.81. The van der Waals surface area contributed by atoms with Crippen LogP contribution in [0.4, 0.5) is 0 Å². The molecule has 3 heterocycles. The van der Waals surface area contributed by atoms with Crippen LogP contribution in [0.1, 0.15) is 61.5 Å². The second-order valence-electron chi connectivity index (χ2n) is 6.91. The summed E-state index contributed by atoms with van der Waals surface area (Å²) >= 11 is 0. The number of hydrogen-bond donors (Lipinski definition) is 2. The highest BCUT2D eigenvalue weighted by molar-refractivity contribution is 5.89. The van der Waals surface area contributed by atoms with Crippen LogP contribution in [0, 0.1) is 5.92 Å². The van der Waals surface area contributed by atoms with E-state index >= 15 is 0 Å². The van der Waals surface area contributed by atoms with Gasteiger partial charge in [-0.05, 0) is 51.1 Å². The lowest BCUT2D eigenvalue weighted by Crippen LogP contribution is -2.48. The molecule has 2 aliphatic rings. The number of nitrogens with zero attached hydrogens (tertiary/aromatic N) is 3. The Kier molecular flexibility index (Phi) is 6.01. The van der Waals surface area contributed by atoms with E-state index in [0.717, 1.165) is 6.42 Å². The van der Waals surface area contributed by atoms with Gasteiger partial charge in [0, 0.05) is 19.5 Å². The molecule has 0 aliphatic carbocycles. The Morgan fingerprint density at radius 3 is 2.92 bits per heavy atom. The van der Waals surface area contributed by atoms with Gasteiger partial charge in [-0.2, -0.15) is 4.98 Å². The smallest absolute Gasteiger partial charge is 0.292 e. The summed E-state index contributed by atoms with van der Waals surface area (Å²) in [6.45, 7) is 2.60. The maximum atomic E-state index is 12.1. The maximum Gasteiger partial charge on any atom is 0.292 e. The van der Waals surface area contributed by atoms with Crippen molar-refractivity contribution in [1.29, 1.82) is 0 Å². The lowest BCUT2D eigenvalue weighted by molar-refractivity contribution is -0.121. The molecule has 2 fully saturated rings. The Bertz CT molecular complexity index is 601. The van der Waals surface area contributed by atoms with Crippen molar-refractivity contribution in [2.75, 3.05) is 20.1 Å². The van der Waals surface area contributed by atoms with Crippen LogP contribution in [0.2, 0.25) is 0 Å². The summed E-state index contributed by atoms with van der Waals surface area (Å²) in [6.07, 6.45) is 7.82. The van der Waals surface area contributed by atoms with Crippen LogP contribution in [-0.2, 0) is 11.3 Å². The SMILES string of the molecule is CNC(=O)c1noc(CNC(=O)CC[C@@H]2CCCN3CCCC[C@H]23)n1. The monoisotopic (exact) mass is 349 g/mol. The van der Waals surface area contributed by atoms with Crippen molar-refractivity contribution in [2.45, 2.75) is 57.5 Å². The molecule has 1 aromatic rings. The average Bonchev–Trinajstić information content (AvgIpc) is 3.13. The first-order chi connectivity index (χ1) is 12.2. The van der Waals surface area contributed by atoms with Gasteiger partial charge in [0.1, 0.15) is 0 Å². The molecule has 138 valence electrons. The summed E-state index contributed by atoms with van der Waals surface area (Å²) in [5.74, 6) is 0.431. The summed E-state index contributed by atoms with van der Waals surface area (Å²) in [4.78, 5) is 30.1. The average molecular weight is 349 g/mol. The molecule has 0 radical (unpaired) electrons. The molecule has 2 aliphatic heterocycles. The molecule has 1 aromatic heterocycles. The fourth-order valence-electron chi connectivity index (χ4n) is 4.02. The quantitative estimate of drug-likeness (QED) is 0.797. The van der Waals surface area contributed by atoms with Crippen LogP contribution in [0.3, 0.4) is 0 Å². The van der Waals surface area contributed by atoms with E-state index in [1.54, 1.807) is 0 Å². The molecular formula is C17H27N5O3. The number of rotatable bonds is 6. The topological polar surface area (TPSA) is 100 Å². The number of amides is 2. The minimum Gasteiger partial charge on any atom is -0.352 e. The molecule has 25 heavy (non-hydrogen) atoms. The van der Waals surface area contributed by atoms with E-state index in [1.165, 1.54) is 52.2 Å². The molecule has 0 bridgehead atoms. The van der Waals surface area contributed by atoms with Gasteiger partial charge >= 0.3 is 0 Å². The molecule has 8 heteroatoms. The zero-order valence-corrected chi connectivity index (χ0v) is 14.8. The first kappa shape index (κ1) is 17.8. The zero-order valence-electron chi connectivity index (χ0n) is 14.8. The van der Waals surface area contributed by atoms with Crippen molar-refractivity contribution >= 4 is 11.8 Å². The van der Waals surface area contributed by atoms with Gasteiger partial charge in [-0.1, -0.05) is 11.6 Å². The molecule has 2 atom stereocenters. The molecule has 0 spiro atoms. The van der Waals surface area contributed by atoms with Gasteiger partial charge in [0.2, 0.25) is 11.8 Å². The van der Waals surface area contributed by atoms with Crippen molar-refractivity contribution in [3.63, 3.8) is 0 Å². The number of piperidine rings is 2. The first-order valence-electron chi connectivity index (χ1n) is 9.23. The Hall–Kier alpha value is -1.96. The third-order valence-corrected chi connectivity index (χ3v) is 5.31. The Morgan fingerprint density at radius 1 is 1.24 bits per heavy atom. The van der Waals surface area contributed by atoms with Gasteiger partial charge in [0.05, 0.1) is 6.54 Å². The zero-order chi connectivity index (χ0) is 17.6. The fourth-order valence-corrected chi connectivity index (χ4v) is 4.02. The summed E-state index contributed by atoms with van der Waals surface area (Å²) in [7, 11) is 1.50. The van der Waals surface area contributed by atoms with Gasteiger partial charge in [-0.3, -0.25) is 9.59 Å². The maximum absolute atomic E-state index is 12.1.